The lowest BCUT2D eigenvalue weighted by Crippen LogP contribution is -2.31. The molecule has 0 saturated heterocycles. The third-order valence-electron chi connectivity index (χ3n) is 5.19. The van der Waals surface area contributed by atoms with E-state index in [2.05, 4.69) is 45.5 Å². The van der Waals surface area contributed by atoms with Crippen LogP contribution in [0.5, 0.6) is 0 Å². The Balaban J connectivity index is 1.37. The van der Waals surface area contributed by atoms with Crippen molar-refractivity contribution < 1.29 is 0 Å². The Morgan fingerprint density at radius 1 is 1.04 bits per heavy atom. The number of hydrogen-bond donors (Lipinski definition) is 1. The maximum Gasteiger partial charge on any atom is 0.227 e. The number of aromatic nitrogens is 2. The fraction of sp³-hybridized carbons (Fsp3) is 0.429. The lowest BCUT2D eigenvalue weighted by molar-refractivity contribution is 0.679. The van der Waals surface area contributed by atoms with E-state index in [-0.39, 0.29) is 0 Å². The molecule has 1 aromatic carbocycles. The molecule has 0 unspecified atom stereocenters. The maximum absolute atomic E-state index is 4.74. The number of benzene rings is 1. The minimum Gasteiger partial charge on any atom is -0.370 e. The van der Waals surface area contributed by atoms with Crippen molar-refractivity contribution in [2.24, 2.45) is 0 Å². The maximum atomic E-state index is 4.74. The van der Waals surface area contributed by atoms with Crippen LogP contribution >= 0.6 is 0 Å². The summed E-state index contributed by atoms with van der Waals surface area (Å²) in [5.41, 5.74) is 4.44. The van der Waals surface area contributed by atoms with Gasteiger partial charge in [0.1, 0.15) is 5.82 Å². The standard InChI is InChI=1S/C21H26N4/c1-2-6-17(7-3-1)10-13-22-20-11-14-23-21(24-20)25-15-12-18-8-4-5-9-19(18)16-25/h4-6,8-9,11,14H,1-3,7,10,12-13,15-16H2,(H,22,23,24). The van der Waals surface area contributed by atoms with Gasteiger partial charge in [0.15, 0.2) is 0 Å². The molecule has 2 aromatic rings. The van der Waals surface area contributed by atoms with Crippen LogP contribution in [-0.2, 0) is 13.0 Å². The van der Waals surface area contributed by atoms with E-state index in [9.17, 15) is 0 Å². The number of allylic oxidation sites excluding steroid dienone is 1. The Morgan fingerprint density at radius 2 is 1.96 bits per heavy atom. The van der Waals surface area contributed by atoms with Crippen molar-refractivity contribution >= 4 is 11.8 Å². The first-order chi connectivity index (χ1) is 12.4. The third kappa shape index (κ3) is 4.01. The predicted molar refractivity (Wildman–Crippen MR) is 103 cm³/mol. The van der Waals surface area contributed by atoms with Crippen molar-refractivity contribution in [2.75, 3.05) is 23.3 Å². The Hall–Kier alpha value is -2.36. The summed E-state index contributed by atoms with van der Waals surface area (Å²) in [6.45, 7) is 2.82. The Kier molecular flexibility index (Phi) is 4.96. The molecule has 4 nitrogen and oxygen atoms in total. The number of nitrogens with zero attached hydrogens (tertiary/aromatic N) is 3. The summed E-state index contributed by atoms with van der Waals surface area (Å²) in [4.78, 5) is 11.5. The van der Waals surface area contributed by atoms with E-state index in [1.165, 1.54) is 36.8 Å². The average Bonchev–Trinajstić information content (AvgIpc) is 2.69. The van der Waals surface area contributed by atoms with E-state index in [1.807, 2.05) is 12.3 Å². The Bertz CT molecular complexity index is 753. The van der Waals surface area contributed by atoms with Gasteiger partial charge in [-0.1, -0.05) is 35.9 Å². The van der Waals surface area contributed by atoms with Gasteiger partial charge >= 0.3 is 0 Å². The SMILES string of the molecule is C1=C(CCNc2ccnc(N3CCc4ccccc4C3)n2)CCCC1. The summed E-state index contributed by atoms with van der Waals surface area (Å²) in [7, 11) is 0. The van der Waals surface area contributed by atoms with Crippen LogP contribution in [0, 0.1) is 0 Å². The van der Waals surface area contributed by atoms with Crippen molar-refractivity contribution in [1.82, 2.24) is 9.97 Å². The molecule has 0 bridgehead atoms. The highest BCUT2D eigenvalue weighted by Gasteiger charge is 2.18. The fourth-order valence-corrected chi connectivity index (χ4v) is 3.75. The van der Waals surface area contributed by atoms with Gasteiger partial charge in [-0.15, -0.1) is 0 Å². The molecular formula is C21H26N4. The lowest BCUT2D eigenvalue weighted by atomic mass is 9.97. The Morgan fingerprint density at radius 3 is 2.84 bits per heavy atom. The van der Waals surface area contributed by atoms with E-state index in [4.69, 9.17) is 4.98 Å². The van der Waals surface area contributed by atoms with Crippen molar-refractivity contribution in [3.8, 4) is 0 Å². The van der Waals surface area contributed by atoms with E-state index in [0.717, 1.165) is 44.2 Å². The van der Waals surface area contributed by atoms with E-state index >= 15 is 0 Å². The number of hydrogen-bond acceptors (Lipinski definition) is 4. The molecule has 1 N–H and O–H groups in total. The molecule has 0 atom stereocenters. The van der Waals surface area contributed by atoms with Crippen LogP contribution in [0.3, 0.4) is 0 Å². The number of fused-ring (bicyclic) bond motifs is 1. The highest BCUT2D eigenvalue weighted by atomic mass is 15.3. The first-order valence-corrected chi connectivity index (χ1v) is 9.45. The molecule has 0 amide bonds. The van der Waals surface area contributed by atoms with Crippen LogP contribution in [0.2, 0.25) is 0 Å². The second-order valence-electron chi connectivity index (χ2n) is 6.97. The minimum absolute atomic E-state index is 0.830. The highest BCUT2D eigenvalue weighted by Crippen LogP contribution is 2.23. The predicted octanol–water partition coefficient (Wildman–Crippen LogP) is 4.34. The molecule has 0 spiro atoms. The quantitative estimate of drug-likeness (QED) is 0.826. The first kappa shape index (κ1) is 16.1. The van der Waals surface area contributed by atoms with Crippen LogP contribution in [0.15, 0.2) is 48.2 Å². The molecule has 2 aliphatic rings. The molecule has 2 heterocycles. The topological polar surface area (TPSA) is 41.1 Å². The zero-order valence-electron chi connectivity index (χ0n) is 14.7. The summed E-state index contributed by atoms with van der Waals surface area (Å²) >= 11 is 0. The number of rotatable bonds is 5. The van der Waals surface area contributed by atoms with Crippen LogP contribution in [0.4, 0.5) is 11.8 Å². The molecule has 1 aromatic heterocycles. The zero-order valence-corrected chi connectivity index (χ0v) is 14.7. The molecule has 1 aliphatic carbocycles. The van der Waals surface area contributed by atoms with Gasteiger partial charge in [0.05, 0.1) is 0 Å². The normalized spacial score (nSPS) is 17.0. The molecule has 1 aliphatic heterocycles. The highest BCUT2D eigenvalue weighted by molar-refractivity contribution is 5.44. The smallest absolute Gasteiger partial charge is 0.227 e. The second-order valence-corrected chi connectivity index (χ2v) is 6.97. The summed E-state index contributed by atoms with van der Waals surface area (Å²) in [5.74, 6) is 1.76. The molecule has 4 rings (SSSR count). The van der Waals surface area contributed by atoms with Gasteiger partial charge in [0.25, 0.3) is 0 Å². The molecule has 0 saturated carbocycles. The summed E-state index contributed by atoms with van der Waals surface area (Å²) in [6, 6.07) is 10.6. The fourth-order valence-electron chi connectivity index (χ4n) is 3.75. The third-order valence-corrected chi connectivity index (χ3v) is 5.19. The van der Waals surface area contributed by atoms with Gasteiger partial charge in [-0.2, -0.15) is 4.98 Å². The van der Waals surface area contributed by atoms with Gasteiger partial charge in [-0.3, -0.25) is 0 Å². The largest absolute Gasteiger partial charge is 0.370 e. The van der Waals surface area contributed by atoms with Crippen molar-refractivity contribution in [2.45, 2.75) is 45.1 Å². The van der Waals surface area contributed by atoms with Crippen molar-refractivity contribution in [3.63, 3.8) is 0 Å². The molecule has 0 fully saturated rings. The first-order valence-electron chi connectivity index (χ1n) is 9.45. The molecule has 130 valence electrons. The minimum atomic E-state index is 0.830. The van der Waals surface area contributed by atoms with Gasteiger partial charge in [0, 0.05) is 25.8 Å². The molecule has 0 radical (unpaired) electrons. The molecule has 25 heavy (non-hydrogen) atoms. The van der Waals surface area contributed by atoms with Crippen molar-refractivity contribution in [3.05, 3.63) is 59.3 Å². The van der Waals surface area contributed by atoms with Crippen LogP contribution in [0.25, 0.3) is 0 Å². The van der Waals surface area contributed by atoms with Gasteiger partial charge < -0.3 is 10.2 Å². The van der Waals surface area contributed by atoms with Gasteiger partial charge in [-0.05, 0) is 55.7 Å². The van der Waals surface area contributed by atoms with Gasteiger partial charge in [-0.25, -0.2) is 4.98 Å². The number of nitrogens with one attached hydrogen (secondary N) is 1. The van der Waals surface area contributed by atoms with Crippen LogP contribution in [0.1, 0.15) is 43.2 Å². The zero-order chi connectivity index (χ0) is 16.9. The van der Waals surface area contributed by atoms with E-state index in [0.29, 0.717) is 0 Å². The summed E-state index contributed by atoms with van der Waals surface area (Å²) < 4.78 is 0. The molecule has 4 heteroatoms. The number of anilines is 2. The lowest BCUT2D eigenvalue weighted by Gasteiger charge is -2.29. The van der Waals surface area contributed by atoms with Crippen LogP contribution in [-0.4, -0.2) is 23.1 Å². The van der Waals surface area contributed by atoms with Crippen molar-refractivity contribution in [1.29, 1.82) is 0 Å². The molecular weight excluding hydrogens is 308 g/mol. The van der Waals surface area contributed by atoms with Gasteiger partial charge in [0.2, 0.25) is 5.95 Å². The summed E-state index contributed by atoms with van der Waals surface area (Å²) in [5, 5.41) is 3.47. The monoisotopic (exact) mass is 334 g/mol. The summed E-state index contributed by atoms with van der Waals surface area (Å²) in [6.07, 6.45) is 11.7. The van der Waals surface area contributed by atoms with E-state index < -0.39 is 0 Å². The van der Waals surface area contributed by atoms with Crippen LogP contribution < -0.4 is 10.2 Å². The Labute approximate surface area is 150 Å². The van der Waals surface area contributed by atoms with E-state index in [1.54, 1.807) is 5.57 Å². The second kappa shape index (κ2) is 7.68. The average molecular weight is 334 g/mol.